The molecule has 7 nitrogen and oxygen atoms in total. The van der Waals surface area contributed by atoms with Gasteiger partial charge in [-0.25, -0.2) is 4.39 Å². The molecule has 3 rings (SSSR count). The van der Waals surface area contributed by atoms with Crippen LogP contribution in [0.25, 0.3) is 0 Å². The van der Waals surface area contributed by atoms with Crippen molar-refractivity contribution in [3.63, 3.8) is 0 Å². The summed E-state index contributed by atoms with van der Waals surface area (Å²) in [6.45, 7) is -0.220. The second kappa shape index (κ2) is 9.92. The zero-order valence-electron chi connectivity index (χ0n) is 16.4. The highest BCUT2D eigenvalue weighted by atomic mass is 35.5. The van der Waals surface area contributed by atoms with Gasteiger partial charge >= 0.3 is 0 Å². The van der Waals surface area contributed by atoms with Gasteiger partial charge in [0.15, 0.2) is 11.6 Å². The number of aromatic amines is 1. The van der Waals surface area contributed by atoms with Gasteiger partial charge in [-0.1, -0.05) is 40.9 Å². The van der Waals surface area contributed by atoms with Crippen molar-refractivity contribution in [1.29, 1.82) is 5.26 Å². The van der Waals surface area contributed by atoms with Crippen LogP contribution in [0.1, 0.15) is 32.0 Å². The third-order valence-electron chi connectivity index (χ3n) is 4.30. The molecule has 0 saturated heterocycles. The summed E-state index contributed by atoms with van der Waals surface area (Å²) in [4.78, 5) is 26.8. The summed E-state index contributed by atoms with van der Waals surface area (Å²) in [5, 5.41) is 14.1. The van der Waals surface area contributed by atoms with Gasteiger partial charge in [-0.2, -0.15) is 5.26 Å². The maximum Gasteiger partial charge on any atom is 0.269 e. The molecule has 1 aromatic heterocycles. The fourth-order valence-electron chi connectivity index (χ4n) is 2.74. The van der Waals surface area contributed by atoms with Crippen LogP contribution in [-0.4, -0.2) is 23.8 Å². The topological polar surface area (TPSA) is 107 Å². The van der Waals surface area contributed by atoms with Crippen molar-refractivity contribution < 1.29 is 18.7 Å². The van der Waals surface area contributed by atoms with Crippen molar-refractivity contribution in [2.45, 2.75) is 6.54 Å². The van der Waals surface area contributed by atoms with Crippen molar-refractivity contribution >= 4 is 46.6 Å². The van der Waals surface area contributed by atoms with Crippen LogP contribution in [0.5, 0.6) is 11.5 Å². The number of H-pyrrole nitrogens is 1. The van der Waals surface area contributed by atoms with E-state index in [4.69, 9.17) is 44.8 Å². The van der Waals surface area contributed by atoms with Crippen molar-refractivity contribution in [2.75, 3.05) is 7.05 Å². The molecule has 0 spiro atoms. The fourth-order valence-corrected chi connectivity index (χ4v) is 3.43. The molecule has 0 aliphatic rings. The molecule has 11 heteroatoms. The van der Waals surface area contributed by atoms with Gasteiger partial charge in [-0.3, -0.25) is 9.59 Å². The summed E-state index contributed by atoms with van der Waals surface area (Å²) in [6.07, 6.45) is 1.30. The Morgan fingerprint density at radius 2 is 1.94 bits per heavy atom. The molecule has 32 heavy (non-hydrogen) atoms. The van der Waals surface area contributed by atoms with Gasteiger partial charge in [0.1, 0.15) is 11.4 Å². The predicted octanol–water partition coefficient (Wildman–Crippen LogP) is 5.07. The van der Waals surface area contributed by atoms with E-state index >= 15 is 4.39 Å². The summed E-state index contributed by atoms with van der Waals surface area (Å²) in [6, 6.07) is 8.93. The molecule has 0 aliphatic carbocycles. The standard InChI is InChI=1S/C21H14Cl3FN4O3/c1-27-20(30)14-9-28-18(16(14)24)21(31)29-8-11-2-3-15(23)19(17(11)25)32-13-5-10(7-26)4-12(22)6-13/h2-6,9,28H,8H2,1H3,(H,27,30)(H,29,31). The molecule has 3 aromatic rings. The third-order valence-corrected chi connectivity index (χ3v) is 5.21. The summed E-state index contributed by atoms with van der Waals surface area (Å²) < 4.78 is 20.6. The van der Waals surface area contributed by atoms with Gasteiger partial charge < -0.3 is 20.4 Å². The second-order valence-corrected chi connectivity index (χ2v) is 7.61. The van der Waals surface area contributed by atoms with Crippen LogP contribution in [0.3, 0.4) is 0 Å². The Bertz CT molecular complexity index is 1250. The molecule has 0 saturated carbocycles. The van der Waals surface area contributed by atoms with Crippen LogP contribution in [0.4, 0.5) is 4.39 Å². The van der Waals surface area contributed by atoms with Crippen LogP contribution in [-0.2, 0) is 6.54 Å². The number of benzene rings is 2. The number of rotatable bonds is 6. The van der Waals surface area contributed by atoms with Gasteiger partial charge in [0, 0.05) is 30.4 Å². The Labute approximate surface area is 197 Å². The summed E-state index contributed by atoms with van der Waals surface area (Å²) in [7, 11) is 1.43. The Morgan fingerprint density at radius 1 is 1.19 bits per heavy atom. The highest BCUT2D eigenvalue weighted by molar-refractivity contribution is 6.36. The largest absolute Gasteiger partial charge is 0.453 e. The lowest BCUT2D eigenvalue weighted by Gasteiger charge is -2.13. The first-order valence-corrected chi connectivity index (χ1v) is 10.1. The minimum atomic E-state index is -0.806. The van der Waals surface area contributed by atoms with E-state index in [0.717, 1.165) is 0 Å². The Balaban J connectivity index is 1.80. The first-order chi connectivity index (χ1) is 15.2. The summed E-state index contributed by atoms with van der Waals surface area (Å²) in [5.74, 6) is -2.08. The molecule has 3 N–H and O–H groups in total. The van der Waals surface area contributed by atoms with Crippen LogP contribution in [0.2, 0.25) is 15.1 Å². The summed E-state index contributed by atoms with van der Waals surface area (Å²) in [5.41, 5.74) is 0.367. The van der Waals surface area contributed by atoms with Gasteiger partial charge in [-0.05, 0) is 24.3 Å². The lowest BCUT2D eigenvalue weighted by atomic mass is 10.2. The number of nitrogens with zero attached hydrogens (tertiary/aromatic N) is 1. The highest BCUT2D eigenvalue weighted by Gasteiger charge is 2.21. The molecular formula is C21H14Cl3FN4O3. The number of amides is 2. The zero-order chi connectivity index (χ0) is 23.4. The number of aromatic nitrogens is 1. The van der Waals surface area contributed by atoms with E-state index in [-0.39, 0.29) is 55.5 Å². The molecule has 0 unspecified atom stereocenters. The molecule has 0 radical (unpaired) electrons. The lowest BCUT2D eigenvalue weighted by molar-refractivity contribution is 0.0945. The van der Waals surface area contributed by atoms with E-state index in [2.05, 4.69) is 15.6 Å². The van der Waals surface area contributed by atoms with E-state index in [0.29, 0.717) is 0 Å². The van der Waals surface area contributed by atoms with Gasteiger partial charge in [-0.15, -0.1) is 0 Å². The number of halogens is 4. The average molecular weight is 496 g/mol. The number of nitrogens with one attached hydrogen (secondary N) is 3. The van der Waals surface area contributed by atoms with E-state index < -0.39 is 17.6 Å². The molecule has 2 aromatic carbocycles. The van der Waals surface area contributed by atoms with Crippen LogP contribution in [0.15, 0.2) is 36.5 Å². The molecule has 164 valence electrons. The van der Waals surface area contributed by atoms with E-state index in [1.165, 1.54) is 43.6 Å². The molecule has 0 atom stereocenters. The van der Waals surface area contributed by atoms with Crippen LogP contribution in [0, 0.1) is 17.1 Å². The summed E-state index contributed by atoms with van der Waals surface area (Å²) >= 11 is 18.1. The zero-order valence-corrected chi connectivity index (χ0v) is 18.6. The molecule has 0 aliphatic heterocycles. The Hall–Kier alpha value is -3.25. The number of hydrogen-bond donors (Lipinski definition) is 3. The van der Waals surface area contributed by atoms with Crippen LogP contribution < -0.4 is 15.4 Å². The number of carbonyl (C=O) groups excluding carboxylic acids is 2. The van der Waals surface area contributed by atoms with Crippen molar-refractivity contribution in [2.24, 2.45) is 0 Å². The molecule has 1 heterocycles. The lowest BCUT2D eigenvalue weighted by Crippen LogP contribution is -2.24. The van der Waals surface area contributed by atoms with Gasteiger partial charge in [0.2, 0.25) is 0 Å². The molecule has 0 fully saturated rings. The predicted molar refractivity (Wildman–Crippen MR) is 118 cm³/mol. The van der Waals surface area contributed by atoms with Crippen molar-refractivity contribution in [3.8, 4) is 17.6 Å². The first kappa shape index (κ1) is 23.4. The quantitative estimate of drug-likeness (QED) is 0.444. The van der Waals surface area contributed by atoms with E-state index in [1.807, 2.05) is 6.07 Å². The normalized spacial score (nSPS) is 10.4. The van der Waals surface area contributed by atoms with Crippen LogP contribution >= 0.6 is 34.8 Å². The minimum Gasteiger partial charge on any atom is -0.453 e. The number of carbonyl (C=O) groups is 2. The number of hydrogen-bond acceptors (Lipinski definition) is 4. The number of nitriles is 1. The maximum atomic E-state index is 15.0. The van der Waals surface area contributed by atoms with Crippen molar-refractivity contribution in [3.05, 3.63) is 79.8 Å². The SMILES string of the molecule is CNC(=O)c1c[nH]c(C(=O)NCc2ccc(Cl)c(Oc3cc(Cl)cc(C#N)c3)c2F)c1Cl. The monoisotopic (exact) mass is 494 g/mol. The molecule has 0 bridgehead atoms. The Kier molecular flexibility index (Phi) is 7.26. The smallest absolute Gasteiger partial charge is 0.269 e. The number of ether oxygens (including phenoxy) is 1. The minimum absolute atomic E-state index is 0.0151. The van der Waals surface area contributed by atoms with Gasteiger partial charge in [0.25, 0.3) is 11.8 Å². The molecule has 2 amide bonds. The van der Waals surface area contributed by atoms with Crippen molar-refractivity contribution in [1.82, 2.24) is 15.6 Å². The van der Waals surface area contributed by atoms with E-state index in [9.17, 15) is 9.59 Å². The fraction of sp³-hybridized carbons (Fsp3) is 0.0952. The maximum absolute atomic E-state index is 15.0. The first-order valence-electron chi connectivity index (χ1n) is 8.97. The Morgan fingerprint density at radius 3 is 2.62 bits per heavy atom. The van der Waals surface area contributed by atoms with Gasteiger partial charge in [0.05, 0.1) is 27.2 Å². The average Bonchev–Trinajstić information content (AvgIpc) is 3.16. The highest BCUT2D eigenvalue weighted by Crippen LogP contribution is 2.35. The second-order valence-electron chi connectivity index (χ2n) is 6.39. The molecular weight excluding hydrogens is 482 g/mol. The van der Waals surface area contributed by atoms with E-state index in [1.54, 1.807) is 0 Å². The third kappa shape index (κ3) is 4.97.